The Balaban J connectivity index is 0.00000144. The zero-order valence-electron chi connectivity index (χ0n) is 8.54. The molecule has 2 rings (SSSR count). The first-order valence-electron chi connectivity index (χ1n) is 4.65. The van der Waals surface area contributed by atoms with Gasteiger partial charge in [-0.15, -0.1) is 12.4 Å². The first kappa shape index (κ1) is 15.3. The Morgan fingerprint density at radius 2 is 2.12 bits per heavy atom. The molecule has 1 aliphatic rings. The number of fused-ring (bicyclic) bond motifs is 1. The lowest BCUT2D eigenvalue weighted by molar-refractivity contribution is -0.139. The van der Waals surface area contributed by atoms with Crippen molar-refractivity contribution in [3.8, 4) is 5.75 Å². The summed E-state index contributed by atoms with van der Waals surface area (Å²) in [5.41, 5.74) is 2.02. The summed E-state index contributed by atoms with van der Waals surface area (Å²) in [5.74, 6) is -0.542. The first-order valence-corrected chi connectivity index (χ1v) is 6.81. The fraction of sp³-hybridized carbons (Fsp3) is 0.300. The van der Waals surface area contributed by atoms with Crippen LogP contribution in [-0.2, 0) is 17.8 Å². The Labute approximate surface area is 132 Å². The SMILES string of the molecule is Cl.O=C(O)[C@@H]1Cc2cc(I)c(O)c(I)c2CN1. The average molecular weight is 481 g/mol. The predicted molar refractivity (Wildman–Crippen MR) is 82.8 cm³/mol. The molecule has 0 unspecified atom stereocenters. The molecule has 1 aliphatic heterocycles. The van der Waals surface area contributed by atoms with E-state index in [-0.39, 0.29) is 18.2 Å². The Morgan fingerprint density at radius 1 is 1.47 bits per heavy atom. The van der Waals surface area contributed by atoms with Crippen molar-refractivity contribution in [1.29, 1.82) is 0 Å². The largest absolute Gasteiger partial charge is 0.506 e. The zero-order chi connectivity index (χ0) is 11.9. The van der Waals surface area contributed by atoms with E-state index in [1.165, 1.54) is 0 Å². The molecule has 0 bridgehead atoms. The topological polar surface area (TPSA) is 69.6 Å². The van der Waals surface area contributed by atoms with Crippen LogP contribution < -0.4 is 5.32 Å². The van der Waals surface area contributed by atoms with Crippen LogP contribution in [0, 0.1) is 7.14 Å². The van der Waals surface area contributed by atoms with Crippen LogP contribution in [0.3, 0.4) is 0 Å². The van der Waals surface area contributed by atoms with Crippen molar-refractivity contribution in [2.75, 3.05) is 0 Å². The molecule has 0 saturated heterocycles. The molecule has 0 aliphatic carbocycles. The molecule has 0 spiro atoms. The summed E-state index contributed by atoms with van der Waals surface area (Å²) in [6.45, 7) is 0.495. The molecular formula is C10H10ClI2NO3. The van der Waals surface area contributed by atoms with Crippen LogP contribution >= 0.6 is 57.6 Å². The molecule has 94 valence electrons. The first-order chi connectivity index (χ1) is 7.50. The van der Waals surface area contributed by atoms with Crippen LogP contribution in [0.15, 0.2) is 6.07 Å². The minimum absolute atomic E-state index is 0. The second-order valence-electron chi connectivity index (χ2n) is 3.63. The van der Waals surface area contributed by atoms with Gasteiger partial charge in [0.05, 0.1) is 7.14 Å². The third kappa shape index (κ3) is 2.96. The second kappa shape index (κ2) is 5.89. The molecule has 1 aromatic carbocycles. The number of aromatic hydroxyl groups is 1. The van der Waals surface area contributed by atoms with E-state index in [2.05, 4.69) is 50.5 Å². The molecule has 1 heterocycles. The zero-order valence-corrected chi connectivity index (χ0v) is 13.7. The Kier molecular flexibility index (Phi) is 5.29. The summed E-state index contributed by atoms with van der Waals surface area (Å²) in [6.07, 6.45) is 0.469. The summed E-state index contributed by atoms with van der Waals surface area (Å²) in [5, 5.41) is 21.7. The summed E-state index contributed by atoms with van der Waals surface area (Å²) in [6, 6.07) is 1.34. The van der Waals surface area contributed by atoms with E-state index in [4.69, 9.17) is 5.11 Å². The lowest BCUT2D eigenvalue weighted by Gasteiger charge is -2.24. The van der Waals surface area contributed by atoms with Gasteiger partial charge < -0.3 is 10.2 Å². The lowest BCUT2D eigenvalue weighted by atomic mass is 9.96. The molecule has 0 aromatic heterocycles. The van der Waals surface area contributed by atoms with Crippen LogP contribution in [0.1, 0.15) is 11.1 Å². The number of hydrogen-bond acceptors (Lipinski definition) is 3. The van der Waals surface area contributed by atoms with Gasteiger partial charge in [-0.1, -0.05) is 0 Å². The van der Waals surface area contributed by atoms with Crippen LogP contribution in [0.5, 0.6) is 5.75 Å². The van der Waals surface area contributed by atoms with E-state index in [0.29, 0.717) is 13.0 Å². The van der Waals surface area contributed by atoms with Crippen LogP contribution in [0.2, 0.25) is 0 Å². The maximum absolute atomic E-state index is 10.9. The highest BCUT2D eigenvalue weighted by atomic mass is 127. The Morgan fingerprint density at radius 3 is 2.71 bits per heavy atom. The summed E-state index contributed by atoms with van der Waals surface area (Å²) in [4.78, 5) is 10.9. The second-order valence-corrected chi connectivity index (χ2v) is 5.88. The van der Waals surface area contributed by atoms with Gasteiger partial charge in [-0.05, 0) is 68.8 Å². The molecule has 0 saturated carbocycles. The van der Waals surface area contributed by atoms with Crippen molar-refractivity contribution in [3.05, 3.63) is 24.3 Å². The van der Waals surface area contributed by atoms with E-state index in [0.717, 1.165) is 18.3 Å². The number of aliphatic carboxylic acids is 1. The van der Waals surface area contributed by atoms with Crippen LogP contribution in [0.25, 0.3) is 0 Å². The Hall–Kier alpha value is 0.200. The van der Waals surface area contributed by atoms with Gasteiger partial charge in [0.25, 0.3) is 0 Å². The van der Waals surface area contributed by atoms with Crippen LogP contribution in [-0.4, -0.2) is 22.2 Å². The number of rotatable bonds is 1. The van der Waals surface area contributed by atoms with Gasteiger partial charge in [0.1, 0.15) is 11.8 Å². The van der Waals surface area contributed by atoms with Gasteiger partial charge in [0, 0.05) is 6.54 Å². The molecule has 7 heteroatoms. The fourth-order valence-electron chi connectivity index (χ4n) is 1.76. The Bertz CT molecular complexity index is 467. The van der Waals surface area contributed by atoms with E-state index in [1.807, 2.05) is 6.07 Å². The lowest BCUT2D eigenvalue weighted by Crippen LogP contribution is -2.42. The van der Waals surface area contributed by atoms with Crippen molar-refractivity contribution < 1.29 is 15.0 Å². The summed E-state index contributed by atoms with van der Waals surface area (Å²) in [7, 11) is 0. The predicted octanol–water partition coefficient (Wildman–Crippen LogP) is 2.12. The minimum Gasteiger partial charge on any atom is -0.506 e. The van der Waals surface area contributed by atoms with Crippen molar-refractivity contribution >= 4 is 63.6 Å². The molecular weight excluding hydrogens is 471 g/mol. The van der Waals surface area contributed by atoms with Crippen molar-refractivity contribution in [3.63, 3.8) is 0 Å². The molecule has 1 aromatic rings. The van der Waals surface area contributed by atoms with Crippen molar-refractivity contribution in [2.45, 2.75) is 19.0 Å². The third-order valence-corrected chi connectivity index (χ3v) is 4.62. The number of hydrogen-bond donors (Lipinski definition) is 3. The smallest absolute Gasteiger partial charge is 0.321 e. The van der Waals surface area contributed by atoms with Gasteiger partial charge in [0.2, 0.25) is 0 Å². The molecule has 17 heavy (non-hydrogen) atoms. The van der Waals surface area contributed by atoms with Crippen molar-refractivity contribution in [2.24, 2.45) is 0 Å². The normalized spacial score (nSPS) is 18.1. The van der Waals surface area contributed by atoms with Crippen LogP contribution in [0.4, 0.5) is 0 Å². The highest BCUT2D eigenvalue weighted by Crippen LogP contribution is 2.33. The van der Waals surface area contributed by atoms with E-state index in [9.17, 15) is 9.90 Å². The molecule has 0 amide bonds. The standard InChI is InChI=1S/C10H9I2NO3.ClH/c11-6-1-4-2-7(10(15)16)13-3-5(4)8(12)9(6)14;/h1,7,13-14H,2-3H2,(H,15,16);1H/t7-;/m0./s1. The molecule has 0 radical (unpaired) electrons. The number of phenols is 1. The number of carboxylic acids is 1. The van der Waals surface area contributed by atoms with Crippen molar-refractivity contribution in [1.82, 2.24) is 5.32 Å². The molecule has 4 nitrogen and oxygen atoms in total. The molecule has 1 atom stereocenters. The van der Waals surface area contributed by atoms with E-state index >= 15 is 0 Å². The van der Waals surface area contributed by atoms with Gasteiger partial charge in [-0.3, -0.25) is 10.1 Å². The number of halogens is 3. The number of nitrogens with one attached hydrogen (secondary N) is 1. The van der Waals surface area contributed by atoms with Gasteiger partial charge in [-0.2, -0.15) is 0 Å². The van der Waals surface area contributed by atoms with Gasteiger partial charge in [0.15, 0.2) is 0 Å². The molecule has 0 fully saturated rings. The van der Waals surface area contributed by atoms with Gasteiger partial charge >= 0.3 is 5.97 Å². The van der Waals surface area contributed by atoms with E-state index in [1.54, 1.807) is 0 Å². The fourth-order valence-corrected chi connectivity index (χ4v) is 3.75. The number of carboxylic acid groups (broad SMARTS) is 1. The average Bonchev–Trinajstić information content (AvgIpc) is 2.25. The molecule has 3 N–H and O–H groups in total. The number of carbonyl (C=O) groups is 1. The maximum Gasteiger partial charge on any atom is 0.321 e. The third-order valence-electron chi connectivity index (χ3n) is 2.64. The monoisotopic (exact) mass is 481 g/mol. The number of phenolic OH excluding ortho intramolecular Hbond substituents is 1. The summed E-state index contributed by atoms with van der Waals surface area (Å²) < 4.78 is 1.59. The highest BCUT2D eigenvalue weighted by molar-refractivity contribution is 14.1. The highest BCUT2D eigenvalue weighted by Gasteiger charge is 2.26. The maximum atomic E-state index is 10.9. The summed E-state index contributed by atoms with van der Waals surface area (Å²) >= 11 is 4.15. The van der Waals surface area contributed by atoms with Gasteiger partial charge in [-0.25, -0.2) is 0 Å². The minimum atomic E-state index is -0.830. The number of benzene rings is 1. The quantitative estimate of drug-likeness (QED) is 0.538. The van der Waals surface area contributed by atoms with E-state index < -0.39 is 12.0 Å².